The molecule has 0 aliphatic rings. The van der Waals surface area contributed by atoms with Gasteiger partial charge < -0.3 is 10.1 Å². The molecule has 0 fully saturated rings. The molecule has 0 aromatic heterocycles. The molecule has 0 saturated carbocycles. The third-order valence-corrected chi connectivity index (χ3v) is 2.40. The van der Waals surface area contributed by atoms with Crippen LogP contribution in [0.3, 0.4) is 0 Å². The molecule has 0 heterocycles. The molecule has 0 bridgehead atoms. The summed E-state index contributed by atoms with van der Waals surface area (Å²) in [7, 11) is 3.75. The topological polar surface area (TPSA) is 24.5 Å². The minimum absolute atomic E-state index is 0.810. The first-order valence-electron chi connectivity index (χ1n) is 5.82. The molecule has 1 N–H and O–H groups in total. The summed E-state index contributed by atoms with van der Waals surface area (Å²) in [6.45, 7) is 8.84. The van der Waals surface area contributed by atoms with E-state index in [9.17, 15) is 0 Å². The third kappa shape index (κ3) is 9.91. The van der Waals surface area contributed by atoms with Crippen LogP contribution in [0.25, 0.3) is 0 Å². The molecule has 0 amide bonds. The van der Waals surface area contributed by atoms with Crippen LogP contribution in [-0.4, -0.2) is 51.8 Å². The number of methoxy groups -OCH3 is 1. The van der Waals surface area contributed by atoms with Crippen LogP contribution in [0.4, 0.5) is 0 Å². The van der Waals surface area contributed by atoms with E-state index in [1.807, 2.05) is 13.1 Å². The lowest BCUT2D eigenvalue weighted by atomic mass is 10.2. The first-order valence-corrected chi connectivity index (χ1v) is 5.82. The second-order valence-electron chi connectivity index (χ2n) is 3.75. The molecular weight excluding hydrogens is 188 g/mol. The molecule has 0 rings (SSSR count). The van der Waals surface area contributed by atoms with Gasteiger partial charge in [-0.2, -0.15) is 0 Å². The van der Waals surface area contributed by atoms with E-state index in [0.717, 1.165) is 32.8 Å². The van der Waals surface area contributed by atoms with Gasteiger partial charge >= 0.3 is 0 Å². The molecule has 0 radical (unpaired) electrons. The van der Waals surface area contributed by atoms with Gasteiger partial charge in [0.1, 0.15) is 0 Å². The van der Waals surface area contributed by atoms with Crippen LogP contribution in [0.5, 0.6) is 0 Å². The zero-order valence-electron chi connectivity index (χ0n) is 10.3. The zero-order valence-corrected chi connectivity index (χ0v) is 10.3. The van der Waals surface area contributed by atoms with Crippen LogP contribution < -0.4 is 5.32 Å². The Bertz CT molecular complexity index is 140. The van der Waals surface area contributed by atoms with Crippen LogP contribution in [0.15, 0.2) is 12.7 Å². The molecule has 3 heteroatoms. The van der Waals surface area contributed by atoms with E-state index in [1.54, 1.807) is 7.11 Å². The van der Waals surface area contributed by atoms with Crippen molar-refractivity contribution < 1.29 is 4.74 Å². The van der Waals surface area contributed by atoms with Gasteiger partial charge in [-0.1, -0.05) is 12.5 Å². The lowest BCUT2D eigenvalue weighted by molar-refractivity contribution is 0.153. The lowest BCUT2D eigenvalue weighted by Gasteiger charge is -2.19. The highest BCUT2D eigenvalue weighted by Crippen LogP contribution is 1.98. The largest absolute Gasteiger partial charge is 0.383 e. The van der Waals surface area contributed by atoms with Crippen LogP contribution in [-0.2, 0) is 4.74 Å². The fourth-order valence-electron chi connectivity index (χ4n) is 1.51. The Morgan fingerprint density at radius 2 is 2.07 bits per heavy atom. The van der Waals surface area contributed by atoms with Crippen LogP contribution >= 0.6 is 0 Å². The maximum Gasteiger partial charge on any atom is 0.0589 e. The average Bonchev–Trinajstić information content (AvgIpc) is 2.25. The molecule has 0 unspecified atom stereocenters. The second kappa shape index (κ2) is 11.7. The van der Waals surface area contributed by atoms with Gasteiger partial charge in [0, 0.05) is 20.2 Å². The smallest absolute Gasteiger partial charge is 0.0589 e. The molecule has 3 nitrogen and oxygen atoms in total. The minimum Gasteiger partial charge on any atom is -0.383 e. The third-order valence-electron chi connectivity index (χ3n) is 2.40. The van der Waals surface area contributed by atoms with Crippen molar-refractivity contribution in [3.8, 4) is 0 Å². The molecule has 0 aliphatic heterocycles. The van der Waals surface area contributed by atoms with Crippen molar-refractivity contribution in [1.29, 1.82) is 0 Å². The summed E-state index contributed by atoms with van der Waals surface area (Å²) in [5.74, 6) is 0. The van der Waals surface area contributed by atoms with E-state index >= 15 is 0 Å². The molecule has 0 saturated heterocycles. The van der Waals surface area contributed by atoms with Gasteiger partial charge in [0.15, 0.2) is 0 Å². The molecule has 0 spiro atoms. The van der Waals surface area contributed by atoms with Crippen LogP contribution in [0.1, 0.15) is 19.3 Å². The number of unbranched alkanes of at least 4 members (excludes halogenated alkanes) is 2. The number of nitrogens with zero attached hydrogens (tertiary/aromatic N) is 1. The van der Waals surface area contributed by atoms with Crippen LogP contribution in [0, 0.1) is 0 Å². The predicted molar refractivity (Wildman–Crippen MR) is 66.3 cm³/mol. The van der Waals surface area contributed by atoms with E-state index in [1.165, 1.54) is 19.3 Å². The fraction of sp³-hybridized carbons (Fsp3) is 0.833. The van der Waals surface area contributed by atoms with E-state index in [-0.39, 0.29) is 0 Å². The molecule has 90 valence electrons. The maximum atomic E-state index is 5.08. The van der Waals surface area contributed by atoms with E-state index < -0.39 is 0 Å². The number of hydrogen-bond donors (Lipinski definition) is 1. The Kier molecular flexibility index (Phi) is 11.4. The van der Waals surface area contributed by atoms with Crippen molar-refractivity contribution in [2.24, 2.45) is 0 Å². The summed E-state index contributed by atoms with van der Waals surface area (Å²) in [6.07, 6.45) is 5.78. The number of nitrogens with one attached hydrogen (secondary N) is 1. The normalized spacial score (nSPS) is 10.9. The summed E-state index contributed by atoms with van der Waals surface area (Å²) in [5.41, 5.74) is 0. The monoisotopic (exact) mass is 214 g/mol. The Morgan fingerprint density at radius 1 is 1.27 bits per heavy atom. The lowest BCUT2D eigenvalue weighted by Crippen LogP contribution is -2.28. The molecule has 0 aliphatic carbocycles. The highest BCUT2D eigenvalue weighted by molar-refractivity contribution is 4.73. The predicted octanol–water partition coefficient (Wildman–Crippen LogP) is 1.51. The first kappa shape index (κ1) is 14.6. The summed E-state index contributed by atoms with van der Waals surface area (Å²) in [6, 6.07) is 0. The van der Waals surface area contributed by atoms with Gasteiger partial charge in [-0.25, -0.2) is 0 Å². The second-order valence-corrected chi connectivity index (χ2v) is 3.75. The Labute approximate surface area is 94.5 Å². The van der Waals surface area contributed by atoms with Gasteiger partial charge in [-0.15, -0.1) is 6.58 Å². The summed E-state index contributed by atoms with van der Waals surface area (Å²) < 4.78 is 5.08. The Balaban J connectivity index is 3.42. The van der Waals surface area contributed by atoms with Crippen LogP contribution in [0.2, 0.25) is 0 Å². The number of hydrogen-bond acceptors (Lipinski definition) is 3. The van der Waals surface area contributed by atoms with Crippen molar-refractivity contribution in [3.63, 3.8) is 0 Å². The summed E-state index contributed by atoms with van der Waals surface area (Å²) >= 11 is 0. The first-order chi connectivity index (χ1) is 7.35. The molecule has 0 aromatic carbocycles. The van der Waals surface area contributed by atoms with Gasteiger partial charge in [0.25, 0.3) is 0 Å². The highest BCUT2D eigenvalue weighted by atomic mass is 16.5. The SMILES string of the molecule is C=CCN(CCCCCNC)CCOC. The maximum absolute atomic E-state index is 5.08. The Hall–Kier alpha value is -0.380. The fourth-order valence-corrected chi connectivity index (χ4v) is 1.51. The van der Waals surface area contributed by atoms with Gasteiger partial charge in [-0.3, -0.25) is 4.90 Å². The quantitative estimate of drug-likeness (QED) is 0.417. The van der Waals surface area contributed by atoms with Crippen molar-refractivity contribution >= 4 is 0 Å². The Morgan fingerprint density at radius 3 is 2.67 bits per heavy atom. The molecule has 0 atom stereocenters. The summed E-state index contributed by atoms with van der Waals surface area (Å²) in [5, 5.41) is 3.17. The van der Waals surface area contributed by atoms with E-state index in [0.29, 0.717) is 0 Å². The molecular formula is C12H26N2O. The van der Waals surface area contributed by atoms with Gasteiger partial charge in [-0.05, 0) is 33.0 Å². The summed E-state index contributed by atoms with van der Waals surface area (Å²) in [4.78, 5) is 2.38. The van der Waals surface area contributed by atoms with Crippen molar-refractivity contribution in [2.45, 2.75) is 19.3 Å². The standard InChI is InChI=1S/C12H26N2O/c1-4-9-14(11-12-15-3)10-7-5-6-8-13-2/h4,13H,1,5-12H2,2-3H3. The minimum atomic E-state index is 0.810. The number of ether oxygens (including phenoxy) is 1. The molecule has 15 heavy (non-hydrogen) atoms. The number of rotatable bonds is 11. The zero-order chi connectivity index (χ0) is 11.4. The molecule has 0 aromatic rings. The van der Waals surface area contributed by atoms with Crippen molar-refractivity contribution in [3.05, 3.63) is 12.7 Å². The average molecular weight is 214 g/mol. The van der Waals surface area contributed by atoms with Gasteiger partial charge in [0.05, 0.1) is 6.61 Å². The van der Waals surface area contributed by atoms with E-state index in [2.05, 4.69) is 16.8 Å². The van der Waals surface area contributed by atoms with Crippen molar-refractivity contribution in [1.82, 2.24) is 10.2 Å². The van der Waals surface area contributed by atoms with Gasteiger partial charge in [0.2, 0.25) is 0 Å². The van der Waals surface area contributed by atoms with Crippen molar-refractivity contribution in [2.75, 3.05) is 46.9 Å². The van der Waals surface area contributed by atoms with E-state index in [4.69, 9.17) is 4.74 Å². The highest BCUT2D eigenvalue weighted by Gasteiger charge is 2.01.